The molecular formula is C10H12F3N. The first-order valence-corrected chi connectivity index (χ1v) is 4.32. The molecule has 0 spiro atoms. The van der Waals surface area contributed by atoms with Crippen LogP contribution in [0.3, 0.4) is 0 Å². The van der Waals surface area contributed by atoms with E-state index in [4.69, 9.17) is 5.73 Å². The average Bonchev–Trinajstić information content (AvgIpc) is 2.01. The van der Waals surface area contributed by atoms with E-state index in [1.807, 2.05) is 0 Å². The highest BCUT2D eigenvalue weighted by Gasteiger charge is 2.14. The SMILES string of the molecule is CC(N)Cc1cc(F)ccc1C(F)F. The molecule has 4 heteroatoms. The highest BCUT2D eigenvalue weighted by molar-refractivity contribution is 5.29. The Kier molecular flexibility index (Phi) is 3.52. The zero-order valence-corrected chi connectivity index (χ0v) is 7.81. The number of hydrogen-bond acceptors (Lipinski definition) is 1. The topological polar surface area (TPSA) is 26.0 Å². The molecule has 1 unspecified atom stereocenters. The van der Waals surface area contributed by atoms with Gasteiger partial charge in [-0.2, -0.15) is 0 Å². The zero-order chi connectivity index (χ0) is 10.7. The van der Waals surface area contributed by atoms with E-state index >= 15 is 0 Å². The molecule has 0 heterocycles. The van der Waals surface area contributed by atoms with Crippen molar-refractivity contribution < 1.29 is 13.2 Å². The second-order valence-electron chi connectivity index (χ2n) is 3.33. The van der Waals surface area contributed by atoms with Crippen LogP contribution in [0.15, 0.2) is 18.2 Å². The van der Waals surface area contributed by atoms with Crippen LogP contribution in [-0.4, -0.2) is 6.04 Å². The van der Waals surface area contributed by atoms with Crippen LogP contribution in [0.25, 0.3) is 0 Å². The highest BCUT2D eigenvalue weighted by atomic mass is 19.3. The molecular weight excluding hydrogens is 191 g/mol. The van der Waals surface area contributed by atoms with Gasteiger partial charge in [0.1, 0.15) is 5.82 Å². The first-order chi connectivity index (χ1) is 6.50. The van der Waals surface area contributed by atoms with Gasteiger partial charge in [-0.1, -0.05) is 6.07 Å². The van der Waals surface area contributed by atoms with Crippen molar-refractivity contribution >= 4 is 0 Å². The number of halogens is 3. The first-order valence-electron chi connectivity index (χ1n) is 4.32. The summed E-state index contributed by atoms with van der Waals surface area (Å²) >= 11 is 0. The molecule has 1 rings (SSSR count). The maximum Gasteiger partial charge on any atom is 0.264 e. The van der Waals surface area contributed by atoms with Crippen molar-refractivity contribution in [2.75, 3.05) is 0 Å². The van der Waals surface area contributed by atoms with Crippen LogP contribution in [0.5, 0.6) is 0 Å². The molecule has 0 saturated heterocycles. The van der Waals surface area contributed by atoms with E-state index in [2.05, 4.69) is 0 Å². The minimum Gasteiger partial charge on any atom is -0.328 e. The van der Waals surface area contributed by atoms with E-state index in [0.29, 0.717) is 0 Å². The van der Waals surface area contributed by atoms with Gasteiger partial charge in [0.15, 0.2) is 0 Å². The van der Waals surface area contributed by atoms with Gasteiger partial charge >= 0.3 is 0 Å². The predicted octanol–water partition coefficient (Wildman–Crippen LogP) is 2.65. The Labute approximate surface area is 80.7 Å². The largest absolute Gasteiger partial charge is 0.328 e. The third kappa shape index (κ3) is 2.73. The Morgan fingerprint density at radius 2 is 2.00 bits per heavy atom. The van der Waals surface area contributed by atoms with Crippen LogP contribution in [0.2, 0.25) is 0 Å². The third-order valence-electron chi connectivity index (χ3n) is 1.88. The lowest BCUT2D eigenvalue weighted by atomic mass is 10.0. The van der Waals surface area contributed by atoms with Crippen molar-refractivity contribution in [3.63, 3.8) is 0 Å². The van der Waals surface area contributed by atoms with E-state index in [1.165, 1.54) is 0 Å². The number of rotatable bonds is 3. The average molecular weight is 203 g/mol. The van der Waals surface area contributed by atoms with Crippen molar-refractivity contribution in [1.29, 1.82) is 0 Å². The van der Waals surface area contributed by atoms with E-state index < -0.39 is 12.2 Å². The van der Waals surface area contributed by atoms with Crippen molar-refractivity contribution in [1.82, 2.24) is 0 Å². The lowest BCUT2D eigenvalue weighted by molar-refractivity contribution is 0.150. The molecule has 0 aliphatic rings. The Bertz CT molecular complexity index is 310. The van der Waals surface area contributed by atoms with E-state index in [1.54, 1.807) is 6.92 Å². The Hall–Kier alpha value is -1.03. The van der Waals surface area contributed by atoms with Gasteiger partial charge in [-0.15, -0.1) is 0 Å². The van der Waals surface area contributed by atoms with Crippen molar-refractivity contribution in [3.8, 4) is 0 Å². The summed E-state index contributed by atoms with van der Waals surface area (Å²) in [7, 11) is 0. The number of benzene rings is 1. The number of hydrogen-bond donors (Lipinski definition) is 1. The fourth-order valence-electron chi connectivity index (χ4n) is 1.31. The van der Waals surface area contributed by atoms with Gasteiger partial charge in [0.05, 0.1) is 0 Å². The molecule has 1 aromatic carbocycles. The predicted molar refractivity (Wildman–Crippen MR) is 48.7 cm³/mol. The number of nitrogens with two attached hydrogens (primary N) is 1. The number of alkyl halides is 2. The van der Waals surface area contributed by atoms with Crippen LogP contribution >= 0.6 is 0 Å². The quantitative estimate of drug-likeness (QED) is 0.802. The summed E-state index contributed by atoms with van der Waals surface area (Å²) < 4.78 is 37.7. The molecule has 0 saturated carbocycles. The second kappa shape index (κ2) is 4.46. The molecule has 0 aliphatic heterocycles. The molecule has 0 bridgehead atoms. The fourth-order valence-corrected chi connectivity index (χ4v) is 1.31. The second-order valence-corrected chi connectivity index (χ2v) is 3.33. The van der Waals surface area contributed by atoms with Crippen LogP contribution in [-0.2, 0) is 6.42 Å². The Morgan fingerprint density at radius 1 is 1.36 bits per heavy atom. The van der Waals surface area contributed by atoms with Gasteiger partial charge in [-0.25, -0.2) is 13.2 Å². The van der Waals surface area contributed by atoms with Gasteiger partial charge in [0, 0.05) is 11.6 Å². The highest BCUT2D eigenvalue weighted by Crippen LogP contribution is 2.24. The van der Waals surface area contributed by atoms with Crippen molar-refractivity contribution in [2.24, 2.45) is 5.73 Å². The molecule has 0 amide bonds. The van der Waals surface area contributed by atoms with Crippen molar-refractivity contribution in [2.45, 2.75) is 25.8 Å². The molecule has 1 nitrogen and oxygen atoms in total. The van der Waals surface area contributed by atoms with Crippen LogP contribution in [0.4, 0.5) is 13.2 Å². The Morgan fingerprint density at radius 3 is 2.50 bits per heavy atom. The summed E-state index contributed by atoms with van der Waals surface area (Å²) in [5.74, 6) is -0.509. The molecule has 1 aromatic rings. The molecule has 0 fully saturated rings. The van der Waals surface area contributed by atoms with Crippen LogP contribution in [0, 0.1) is 5.82 Å². The normalized spacial score (nSPS) is 13.3. The van der Waals surface area contributed by atoms with Gasteiger partial charge in [0.25, 0.3) is 6.43 Å². The summed E-state index contributed by atoms with van der Waals surface area (Å²) in [4.78, 5) is 0. The molecule has 0 aromatic heterocycles. The molecule has 0 aliphatic carbocycles. The lowest BCUT2D eigenvalue weighted by Crippen LogP contribution is -2.18. The fraction of sp³-hybridized carbons (Fsp3) is 0.400. The van der Waals surface area contributed by atoms with Gasteiger partial charge in [-0.05, 0) is 31.0 Å². The zero-order valence-electron chi connectivity index (χ0n) is 7.81. The summed E-state index contributed by atoms with van der Waals surface area (Å²) in [6.45, 7) is 1.69. The van der Waals surface area contributed by atoms with Gasteiger partial charge in [-0.3, -0.25) is 0 Å². The molecule has 1 atom stereocenters. The maximum absolute atomic E-state index is 12.8. The first kappa shape index (κ1) is 11.0. The molecule has 2 N–H and O–H groups in total. The summed E-state index contributed by atoms with van der Waals surface area (Å²) in [6.07, 6.45) is -2.32. The molecule has 0 radical (unpaired) electrons. The molecule has 14 heavy (non-hydrogen) atoms. The minimum atomic E-state index is -2.58. The molecule has 78 valence electrons. The smallest absolute Gasteiger partial charge is 0.264 e. The summed E-state index contributed by atoms with van der Waals surface area (Å²) in [6, 6.07) is 3.00. The standard InChI is InChI=1S/C10H12F3N/c1-6(14)4-7-5-8(11)2-3-9(7)10(12)13/h2-3,5-6,10H,4,14H2,1H3. The Balaban J connectivity index is 3.03. The third-order valence-corrected chi connectivity index (χ3v) is 1.88. The van der Waals surface area contributed by atoms with Crippen LogP contribution in [0.1, 0.15) is 24.5 Å². The monoisotopic (exact) mass is 203 g/mol. The minimum absolute atomic E-state index is 0.135. The van der Waals surface area contributed by atoms with E-state index in [0.717, 1.165) is 18.2 Å². The lowest BCUT2D eigenvalue weighted by Gasteiger charge is -2.10. The van der Waals surface area contributed by atoms with Gasteiger partial charge < -0.3 is 5.73 Å². The maximum atomic E-state index is 12.8. The van der Waals surface area contributed by atoms with E-state index in [9.17, 15) is 13.2 Å². The summed E-state index contributed by atoms with van der Waals surface area (Å²) in [5.41, 5.74) is 5.63. The summed E-state index contributed by atoms with van der Waals surface area (Å²) in [5, 5.41) is 0. The van der Waals surface area contributed by atoms with E-state index in [-0.39, 0.29) is 23.6 Å². The van der Waals surface area contributed by atoms with Crippen LogP contribution < -0.4 is 5.73 Å². The van der Waals surface area contributed by atoms with Gasteiger partial charge in [0.2, 0.25) is 0 Å². The van der Waals surface area contributed by atoms with Crippen molar-refractivity contribution in [3.05, 3.63) is 35.1 Å².